The molecule has 4 aliphatic rings. The van der Waals surface area contributed by atoms with Crippen molar-refractivity contribution in [2.45, 2.75) is 91.2 Å². The van der Waals surface area contributed by atoms with Gasteiger partial charge in [-0.3, -0.25) is 4.68 Å². The molecule has 1 aromatic rings. The lowest BCUT2D eigenvalue weighted by Gasteiger charge is -2.60. The standard InChI is InChI=1S/C25H38N2O/c1-4-27-14-11-19(26-27)15-17-16-22-20-9-8-18-7-5-6-12-24(18,2)21(20)10-13-25(22,3)23(17)28/h11,14-15,18,20-23,28H,4-10,12-13,16H2,1-3H3/b17-15-/t18-,20+,21-,22-,23-,24+,25+/m1/s1. The molecule has 4 aliphatic carbocycles. The average molecular weight is 383 g/mol. The van der Waals surface area contributed by atoms with Crippen molar-refractivity contribution in [1.82, 2.24) is 9.78 Å². The van der Waals surface area contributed by atoms with E-state index in [1.807, 2.05) is 10.9 Å². The zero-order chi connectivity index (χ0) is 19.5. The number of aromatic nitrogens is 2. The molecule has 3 heteroatoms. The molecule has 4 saturated carbocycles. The third-order valence-electron chi connectivity index (χ3n) is 9.77. The monoisotopic (exact) mass is 382 g/mol. The average Bonchev–Trinajstić information content (AvgIpc) is 3.25. The van der Waals surface area contributed by atoms with Crippen LogP contribution in [0.15, 0.2) is 17.8 Å². The SMILES string of the molecule is CCn1ccc(/C=C2/C[C@@H]3[C@H]4CC[C@H]5CCCC[C@]5(C)[C@@H]4CC[C@]3(C)[C@@H]2O)n1. The molecule has 0 spiro atoms. The molecule has 5 rings (SSSR count). The third kappa shape index (κ3) is 2.68. The number of aliphatic hydroxyl groups excluding tert-OH is 1. The zero-order valence-corrected chi connectivity index (χ0v) is 18.0. The maximum Gasteiger partial charge on any atom is 0.0851 e. The van der Waals surface area contributed by atoms with Gasteiger partial charge < -0.3 is 5.11 Å². The van der Waals surface area contributed by atoms with Crippen LogP contribution in [0.5, 0.6) is 0 Å². The number of nitrogens with zero attached hydrogens (tertiary/aromatic N) is 2. The first kappa shape index (κ1) is 18.9. The molecule has 0 radical (unpaired) electrons. The minimum atomic E-state index is -0.290. The molecule has 1 N–H and O–H groups in total. The first-order valence-corrected chi connectivity index (χ1v) is 11.9. The molecule has 154 valence electrons. The molecule has 0 aromatic carbocycles. The van der Waals surface area contributed by atoms with Gasteiger partial charge in [0.1, 0.15) is 0 Å². The number of fused-ring (bicyclic) bond motifs is 5. The van der Waals surface area contributed by atoms with Gasteiger partial charge in [-0.2, -0.15) is 5.10 Å². The van der Waals surface area contributed by atoms with Crippen LogP contribution in [0, 0.1) is 34.5 Å². The number of aryl methyl sites for hydroxylation is 1. The van der Waals surface area contributed by atoms with Gasteiger partial charge in [0.15, 0.2) is 0 Å². The van der Waals surface area contributed by atoms with Crippen LogP contribution in [0.1, 0.15) is 84.3 Å². The Morgan fingerprint density at radius 1 is 1.11 bits per heavy atom. The summed E-state index contributed by atoms with van der Waals surface area (Å²) in [6.07, 6.45) is 16.2. The number of rotatable bonds is 2. The van der Waals surface area contributed by atoms with Crippen LogP contribution in [-0.4, -0.2) is 21.0 Å². The summed E-state index contributed by atoms with van der Waals surface area (Å²) in [5.41, 5.74) is 2.89. The molecule has 0 unspecified atom stereocenters. The number of hydrogen-bond donors (Lipinski definition) is 1. The topological polar surface area (TPSA) is 38.0 Å². The second-order valence-corrected chi connectivity index (χ2v) is 10.9. The van der Waals surface area contributed by atoms with Crippen molar-refractivity contribution in [3.8, 4) is 0 Å². The molecule has 4 fully saturated rings. The Bertz CT molecular complexity index is 766. The summed E-state index contributed by atoms with van der Waals surface area (Å²) in [5.74, 6) is 3.31. The molecule has 0 saturated heterocycles. The Labute approximate surface area is 170 Å². The van der Waals surface area contributed by atoms with Crippen molar-refractivity contribution in [3.05, 3.63) is 23.5 Å². The molecule has 0 aliphatic heterocycles. The first-order valence-electron chi connectivity index (χ1n) is 11.9. The summed E-state index contributed by atoms with van der Waals surface area (Å²) in [7, 11) is 0. The highest BCUT2D eigenvalue weighted by Gasteiger charge is 2.60. The van der Waals surface area contributed by atoms with Crippen molar-refractivity contribution < 1.29 is 5.11 Å². The normalized spacial score (nSPS) is 46.9. The van der Waals surface area contributed by atoms with Crippen LogP contribution in [-0.2, 0) is 6.54 Å². The molecule has 28 heavy (non-hydrogen) atoms. The summed E-state index contributed by atoms with van der Waals surface area (Å²) >= 11 is 0. The van der Waals surface area contributed by atoms with Gasteiger partial charge in [0, 0.05) is 18.2 Å². The Hall–Kier alpha value is -1.09. The number of aliphatic hydroxyl groups is 1. The van der Waals surface area contributed by atoms with Crippen LogP contribution in [0.4, 0.5) is 0 Å². The Balaban J connectivity index is 1.44. The molecular formula is C25H38N2O. The molecule has 3 nitrogen and oxygen atoms in total. The predicted octanol–water partition coefficient (Wildman–Crippen LogP) is 5.69. The Kier molecular flexibility index (Phi) is 4.54. The second-order valence-electron chi connectivity index (χ2n) is 10.9. The molecular weight excluding hydrogens is 344 g/mol. The van der Waals surface area contributed by atoms with E-state index in [-0.39, 0.29) is 11.5 Å². The van der Waals surface area contributed by atoms with Gasteiger partial charge in [-0.25, -0.2) is 0 Å². The second kappa shape index (κ2) is 6.72. The zero-order valence-electron chi connectivity index (χ0n) is 18.0. The minimum Gasteiger partial charge on any atom is -0.388 e. The lowest BCUT2D eigenvalue weighted by atomic mass is 9.45. The van der Waals surface area contributed by atoms with E-state index in [2.05, 4.69) is 38.0 Å². The van der Waals surface area contributed by atoms with Crippen LogP contribution in [0.3, 0.4) is 0 Å². The summed E-state index contributed by atoms with van der Waals surface area (Å²) < 4.78 is 1.98. The molecule has 0 bridgehead atoms. The highest BCUT2D eigenvalue weighted by Crippen LogP contribution is 2.66. The molecule has 7 atom stereocenters. The predicted molar refractivity (Wildman–Crippen MR) is 114 cm³/mol. The third-order valence-corrected chi connectivity index (χ3v) is 9.77. The molecule has 0 amide bonds. The summed E-state index contributed by atoms with van der Waals surface area (Å²) in [5, 5.41) is 16.0. The van der Waals surface area contributed by atoms with Gasteiger partial charge in [-0.1, -0.05) is 26.7 Å². The lowest BCUT2D eigenvalue weighted by Crippen LogP contribution is -2.53. The van der Waals surface area contributed by atoms with Gasteiger partial charge in [0.25, 0.3) is 0 Å². The fraction of sp³-hybridized carbons (Fsp3) is 0.800. The molecule has 1 heterocycles. The Morgan fingerprint density at radius 2 is 1.96 bits per heavy atom. The van der Waals surface area contributed by atoms with Gasteiger partial charge in [0.05, 0.1) is 11.8 Å². The van der Waals surface area contributed by atoms with Gasteiger partial charge in [-0.15, -0.1) is 0 Å². The van der Waals surface area contributed by atoms with E-state index >= 15 is 0 Å². The lowest BCUT2D eigenvalue weighted by molar-refractivity contribution is -0.119. The molecule has 1 aromatic heterocycles. The van der Waals surface area contributed by atoms with E-state index in [9.17, 15) is 5.11 Å². The fourth-order valence-corrected chi connectivity index (χ4v) is 8.11. The van der Waals surface area contributed by atoms with E-state index in [0.717, 1.165) is 36.4 Å². The van der Waals surface area contributed by atoms with Crippen molar-refractivity contribution in [3.63, 3.8) is 0 Å². The fourth-order valence-electron chi connectivity index (χ4n) is 8.11. The maximum absolute atomic E-state index is 11.4. The van der Waals surface area contributed by atoms with E-state index < -0.39 is 0 Å². The van der Waals surface area contributed by atoms with Crippen molar-refractivity contribution >= 4 is 6.08 Å². The van der Waals surface area contributed by atoms with Crippen molar-refractivity contribution in [2.24, 2.45) is 34.5 Å². The van der Waals surface area contributed by atoms with Crippen LogP contribution in [0.25, 0.3) is 6.08 Å². The summed E-state index contributed by atoms with van der Waals surface area (Å²) in [4.78, 5) is 0. The number of hydrogen-bond acceptors (Lipinski definition) is 2. The smallest absolute Gasteiger partial charge is 0.0851 e. The van der Waals surface area contributed by atoms with E-state index in [1.165, 1.54) is 56.9 Å². The van der Waals surface area contributed by atoms with Crippen molar-refractivity contribution in [1.29, 1.82) is 0 Å². The summed E-state index contributed by atoms with van der Waals surface area (Å²) in [6.45, 7) is 8.04. The van der Waals surface area contributed by atoms with Crippen molar-refractivity contribution in [2.75, 3.05) is 0 Å². The largest absolute Gasteiger partial charge is 0.388 e. The summed E-state index contributed by atoms with van der Waals surface area (Å²) in [6, 6.07) is 2.09. The van der Waals surface area contributed by atoms with E-state index in [4.69, 9.17) is 0 Å². The van der Waals surface area contributed by atoms with E-state index in [0.29, 0.717) is 11.3 Å². The van der Waals surface area contributed by atoms with Gasteiger partial charge in [0.2, 0.25) is 0 Å². The van der Waals surface area contributed by atoms with E-state index in [1.54, 1.807) is 0 Å². The quantitative estimate of drug-likeness (QED) is 0.713. The van der Waals surface area contributed by atoms with Crippen LogP contribution in [0.2, 0.25) is 0 Å². The van der Waals surface area contributed by atoms with Crippen LogP contribution >= 0.6 is 0 Å². The highest BCUT2D eigenvalue weighted by atomic mass is 16.3. The van der Waals surface area contributed by atoms with Gasteiger partial charge in [-0.05, 0) is 98.7 Å². The Morgan fingerprint density at radius 3 is 2.75 bits per heavy atom. The minimum absolute atomic E-state index is 0.0676. The van der Waals surface area contributed by atoms with Gasteiger partial charge >= 0.3 is 0 Å². The maximum atomic E-state index is 11.4. The first-order chi connectivity index (χ1) is 13.5. The highest BCUT2D eigenvalue weighted by molar-refractivity contribution is 5.52. The van der Waals surface area contributed by atoms with Crippen LogP contribution < -0.4 is 0 Å².